The molecule has 6 nitrogen and oxygen atoms in total. The summed E-state index contributed by atoms with van der Waals surface area (Å²) in [5, 5.41) is 6.47. The number of hydrogen-bond acceptors (Lipinski definition) is 3. The van der Waals surface area contributed by atoms with Gasteiger partial charge < -0.3 is 65.2 Å². The van der Waals surface area contributed by atoms with Gasteiger partial charge in [0.05, 0.1) is 18.2 Å². The van der Waals surface area contributed by atoms with Crippen molar-refractivity contribution in [3.8, 4) is 17.6 Å². The van der Waals surface area contributed by atoms with E-state index in [2.05, 4.69) is 173 Å². The Balaban J connectivity index is 0.000000167. The first-order valence-electron chi connectivity index (χ1n) is 16.3. The Labute approximate surface area is 356 Å². The maximum atomic E-state index is 5.81. The zero-order valence-electron chi connectivity index (χ0n) is 28.5. The highest BCUT2D eigenvalue weighted by atomic mass is 79.9. The van der Waals surface area contributed by atoms with Crippen LogP contribution in [0.2, 0.25) is 0 Å². The third-order valence-electron chi connectivity index (χ3n) is 8.97. The van der Waals surface area contributed by atoms with Crippen LogP contribution in [0.3, 0.4) is 0 Å². The molecule has 3 aliphatic heterocycles. The lowest BCUT2D eigenvalue weighted by molar-refractivity contribution is -0.655. The number of hydrogen-bond donors (Lipinski definition) is 0. The van der Waals surface area contributed by atoms with Crippen molar-refractivity contribution in [2.75, 3.05) is 16.0 Å². The summed E-state index contributed by atoms with van der Waals surface area (Å²) in [5.41, 5.74) is 7.65. The summed E-state index contributed by atoms with van der Waals surface area (Å²) >= 11 is 10.4. The van der Waals surface area contributed by atoms with Crippen LogP contribution < -0.4 is 78.9 Å². The lowest BCUT2D eigenvalue weighted by Crippen LogP contribution is -3.00. The Bertz CT molecular complexity index is 1910. The number of nitrogens with zero attached hydrogens (tertiary/aromatic N) is 3. The first-order chi connectivity index (χ1) is 23.3. The fraction of sp³-hybridized carbons (Fsp3) is 0.308. The highest BCUT2D eigenvalue weighted by molar-refractivity contribution is 9.09. The molecule has 6 aromatic rings. The molecule has 3 atom stereocenters. The van der Waals surface area contributed by atoms with Gasteiger partial charge in [0.25, 0.3) is 0 Å². The Morgan fingerprint density at radius 3 is 0.980 bits per heavy atom. The van der Waals surface area contributed by atoms with Crippen LogP contribution in [-0.2, 0) is 19.6 Å². The third-order valence-corrected chi connectivity index (χ3v) is 11.1. The van der Waals surface area contributed by atoms with Crippen molar-refractivity contribution >= 4 is 80.5 Å². The van der Waals surface area contributed by atoms with Crippen molar-refractivity contribution < 1.29 is 78.9 Å². The lowest BCUT2D eigenvalue weighted by atomic mass is 10.1. The van der Waals surface area contributed by atoms with Gasteiger partial charge in [0.1, 0.15) is 0 Å². The summed E-state index contributed by atoms with van der Waals surface area (Å²) in [6.07, 6.45) is 0.769. The van der Waals surface area contributed by atoms with E-state index in [1.54, 1.807) is 0 Å². The molecule has 6 heterocycles. The Hall–Kier alpha value is -1.83. The van der Waals surface area contributed by atoms with Gasteiger partial charge in [-0.15, -0.1) is 0 Å². The van der Waals surface area contributed by atoms with Crippen molar-refractivity contribution in [2.24, 2.45) is 0 Å². The molecule has 0 spiro atoms. The fourth-order valence-corrected chi connectivity index (χ4v) is 7.63. The number of halogens is 6. The fourth-order valence-electron chi connectivity index (χ4n) is 6.62. The second-order valence-electron chi connectivity index (χ2n) is 12.7. The number of aromatic nitrogens is 3. The second-order valence-corrected chi connectivity index (χ2v) is 14.7. The average molecular weight is 1080 g/mol. The van der Waals surface area contributed by atoms with Crippen LogP contribution >= 0.6 is 47.8 Å². The van der Waals surface area contributed by atoms with Gasteiger partial charge >= 0.3 is 17.6 Å². The molecule has 9 rings (SSSR count). The van der Waals surface area contributed by atoms with Crippen LogP contribution in [0.5, 0.6) is 17.6 Å². The lowest BCUT2D eigenvalue weighted by Gasteiger charge is -1.98. The monoisotopic (exact) mass is 1070 g/mol. The molecule has 3 aliphatic rings. The number of ether oxygens (including phenoxy) is 3. The van der Waals surface area contributed by atoms with E-state index in [1.165, 1.54) is 49.4 Å². The van der Waals surface area contributed by atoms with E-state index in [4.69, 9.17) is 14.2 Å². The number of rotatable bonds is 3. The van der Waals surface area contributed by atoms with Crippen LogP contribution in [0.4, 0.5) is 0 Å². The van der Waals surface area contributed by atoms with E-state index < -0.39 is 0 Å². The minimum Gasteiger partial charge on any atom is -1.00 e. The zero-order valence-corrected chi connectivity index (χ0v) is 38.0. The van der Waals surface area contributed by atoms with Crippen molar-refractivity contribution in [1.29, 1.82) is 0 Å². The smallest absolute Gasteiger partial charge is 0.368 e. The van der Waals surface area contributed by atoms with Gasteiger partial charge in [-0.3, -0.25) is 0 Å². The number of aryl methyl sites for hydroxylation is 3. The van der Waals surface area contributed by atoms with Crippen LogP contribution in [-0.4, -0.2) is 34.3 Å². The Morgan fingerprint density at radius 1 is 0.451 bits per heavy atom. The van der Waals surface area contributed by atoms with Gasteiger partial charge in [0.15, 0.2) is 37.9 Å². The van der Waals surface area contributed by atoms with E-state index in [9.17, 15) is 0 Å². The molecule has 3 aromatic heterocycles. The number of alkyl halides is 3. The molecule has 0 aliphatic carbocycles. The van der Waals surface area contributed by atoms with Crippen molar-refractivity contribution in [3.63, 3.8) is 0 Å². The summed E-state index contributed by atoms with van der Waals surface area (Å²) < 4.78 is 24.2. The minimum atomic E-state index is 0. The largest absolute Gasteiger partial charge is 1.00 e. The van der Waals surface area contributed by atoms with Gasteiger partial charge in [-0.2, -0.15) is 13.7 Å². The Kier molecular flexibility index (Phi) is 15.2. The molecule has 0 N–H and O–H groups in total. The maximum absolute atomic E-state index is 5.81. The summed E-state index contributed by atoms with van der Waals surface area (Å²) in [6, 6.07) is 32.2. The van der Waals surface area contributed by atoms with Crippen LogP contribution in [0, 0.1) is 20.8 Å². The molecular weight excluding hydrogens is 1040 g/mol. The quantitative estimate of drug-likeness (QED) is 0.165. The minimum absolute atomic E-state index is 0. The van der Waals surface area contributed by atoms with Crippen LogP contribution in [0.25, 0.3) is 32.7 Å². The molecule has 3 unspecified atom stereocenters. The van der Waals surface area contributed by atoms with Crippen molar-refractivity contribution in [1.82, 2.24) is 0 Å². The molecule has 0 radical (unpaired) electrons. The van der Waals surface area contributed by atoms with Crippen LogP contribution in [0.1, 0.15) is 16.7 Å². The van der Waals surface area contributed by atoms with Gasteiger partial charge in [0.2, 0.25) is 16.6 Å². The summed E-state index contributed by atoms with van der Waals surface area (Å²) in [6.45, 7) is 9.16. The van der Waals surface area contributed by atoms with E-state index in [1.807, 2.05) is 0 Å². The molecule has 0 saturated heterocycles. The number of benzene rings is 3. The van der Waals surface area contributed by atoms with Gasteiger partial charge in [-0.1, -0.05) is 82.7 Å². The standard InChI is InChI=1S/3C13H13BrNO.3BrH/c3*1-9-2-4-12-10(6-9)3-5-13-15(12)8-11(7-14)16-13;;;/h3*2-6,11H,7-8H2,1H3;3*1H/q3*+1;;;/p-3. The number of pyridine rings is 3. The third kappa shape index (κ3) is 9.11. The molecule has 0 saturated carbocycles. The van der Waals surface area contributed by atoms with Gasteiger partial charge in [-0.25, -0.2) is 0 Å². The predicted molar refractivity (Wildman–Crippen MR) is 201 cm³/mol. The second kappa shape index (κ2) is 18.5. The van der Waals surface area contributed by atoms with Crippen molar-refractivity contribution in [3.05, 3.63) is 108 Å². The molecular formula is C39H39Br6N3O3. The zero-order chi connectivity index (χ0) is 33.4. The molecule has 0 bridgehead atoms. The first-order valence-corrected chi connectivity index (χ1v) is 19.7. The van der Waals surface area contributed by atoms with E-state index in [-0.39, 0.29) is 69.3 Å². The summed E-state index contributed by atoms with van der Waals surface area (Å²) in [4.78, 5) is 0. The SMILES string of the molecule is Cc1ccc2c(ccc3[n+]2CC(CBr)O3)c1.Cc1ccc2c(ccc3[n+]2CC(CBr)O3)c1.Cc1ccc2c(ccc3[n+]2CC(CBr)O3)c1.[Br-].[Br-].[Br-]. The average Bonchev–Trinajstić information content (AvgIpc) is 3.84. The van der Waals surface area contributed by atoms with Gasteiger partial charge in [0, 0.05) is 50.3 Å². The molecule has 0 amide bonds. The first kappa shape index (κ1) is 41.9. The molecule has 0 fully saturated rings. The number of fused-ring (bicyclic) bond motifs is 9. The normalized spacial score (nSPS) is 17.4. The van der Waals surface area contributed by atoms with E-state index in [0.29, 0.717) is 0 Å². The summed E-state index contributed by atoms with van der Waals surface area (Å²) in [5.74, 6) is 2.92. The maximum Gasteiger partial charge on any atom is 0.368 e. The summed E-state index contributed by atoms with van der Waals surface area (Å²) in [7, 11) is 0. The van der Waals surface area contributed by atoms with Crippen LogP contribution in [0.15, 0.2) is 91.0 Å². The topological polar surface area (TPSA) is 39.3 Å². The molecule has 51 heavy (non-hydrogen) atoms. The highest BCUT2D eigenvalue weighted by Crippen LogP contribution is 2.24. The molecule has 12 heteroatoms. The van der Waals surface area contributed by atoms with E-state index in [0.717, 1.165) is 53.3 Å². The predicted octanol–water partition coefficient (Wildman–Crippen LogP) is -1.21. The van der Waals surface area contributed by atoms with E-state index >= 15 is 0 Å². The highest BCUT2D eigenvalue weighted by Gasteiger charge is 2.33. The molecule has 270 valence electrons. The van der Waals surface area contributed by atoms with Crippen molar-refractivity contribution in [2.45, 2.75) is 58.7 Å². The Morgan fingerprint density at radius 2 is 0.725 bits per heavy atom. The molecule has 3 aromatic carbocycles. The van der Waals surface area contributed by atoms with Gasteiger partial charge in [-0.05, 0) is 57.2 Å².